The van der Waals surface area contributed by atoms with Crippen LogP contribution in [-0.2, 0) is 4.79 Å². The van der Waals surface area contributed by atoms with Gasteiger partial charge in [-0.15, -0.1) is 21.5 Å². The van der Waals surface area contributed by atoms with E-state index in [9.17, 15) is 10.1 Å². The van der Waals surface area contributed by atoms with Gasteiger partial charge in [-0.3, -0.25) is 9.69 Å². The summed E-state index contributed by atoms with van der Waals surface area (Å²) in [6.07, 6.45) is 3.07. The van der Waals surface area contributed by atoms with Gasteiger partial charge in [-0.05, 0) is 43.6 Å². The van der Waals surface area contributed by atoms with Crippen LogP contribution in [0.1, 0.15) is 47.9 Å². The number of carbonyl (C=O) groups is 1. The van der Waals surface area contributed by atoms with Gasteiger partial charge in [0.15, 0.2) is 10.1 Å². The van der Waals surface area contributed by atoms with Gasteiger partial charge < -0.3 is 5.73 Å². The number of hydrogen-bond acceptors (Lipinski definition) is 9. The first-order chi connectivity index (χ1) is 14.2. The molecule has 2 aromatic heterocycles. The molecule has 2 N–H and O–H groups in total. The maximum atomic E-state index is 13.5. The van der Waals surface area contributed by atoms with E-state index in [1.807, 2.05) is 20.1 Å². The number of aryl methyl sites for hydroxylation is 2. The summed E-state index contributed by atoms with van der Waals surface area (Å²) >= 11 is 4.60. The number of thiophene rings is 1. The van der Waals surface area contributed by atoms with Gasteiger partial charge in [-0.1, -0.05) is 36.9 Å². The van der Waals surface area contributed by atoms with E-state index in [1.165, 1.54) is 23.1 Å². The summed E-state index contributed by atoms with van der Waals surface area (Å²) in [4.78, 5) is 17.5. The molecule has 0 radical (unpaired) electrons. The highest BCUT2D eigenvalue weighted by Crippen LogP contribution is 2.51. The Labute approximate surface area is 188 Å². The Morgan fingerprint density at radius 2 is 2.03 bits per heavy atom. The third-order valence-corrected chi connectivity index (χ3v) is 8.40. The van der Waals surface area contributed by atoms with Crippen molar-refractivity contribution >= 4 is 45.4 Å². The Balaban J connectivity index is 2.00. The van der Waals surface area contributed by atoms with Crippen molar-refractivity contribution < 1.29 is 4.79 Å². The molecule has 1 aliphatic carbocycles. The predicted molar refractivity (Wildman–Crippen MR) is 123 cm³/mol. The number of allylic oxidation sites excluding steroid dienone is 3. The zero-order valence-corrected chi connectivity index (χ0v) is 20.0. The van der Waals surface area contributed by atoms with E-state index in [4.69, 9.17) is 5.73 Å². The number of nitrogens with zero attached hydrogens (tertiary/aromatic N) is 4. The van der Waals surface area contributed by atoms with Gasteiger partial charge >= 0.3 is 0 Å². The molecule has 0 saturated heterocycles. The summed E-state index contributed by atoms with van der Waals surface area (Å²) < 4.78 is 0.811. The van der Waals surface area contributed by atoms with Gasteiger partial charge in [0.2, 0.25) is 5.13 Å². The number of anilines is 1. The first kappa shape index (κ1) is 21.1. The number of nitriles is 1. The highest BCUT2D eigenvalue weighted by molar-refractivity contribution is 8.00. The molecule has 0 aromatic carbocycles. The van der Waals surface area contributed by atoms with E-state index in [1.54, 1.807) is 16.2 Å². The van der Waals surface area contributed by atoms with Crippen LogP contribution in [0.2, 0.25) is 0 Å². The van der Waals surface area contributed by atoms with Crippen LogP contribution in [0.25, 0.3) is 0 Å². The van der Waals surface area contributed by atoms with Crippen LogP contribution in [0.15, 0.2) is 33.1 Å². The smallest absolute Gasteiger partial charge is 0.219 e. The molecule has 1 atom stereocenters. The molecule has 2 aliphatic rings. The van der Waals surface area contributed by atoms with E-state index in [0.29, 0.717) is 34.9 Å². The minimum Gasteiger partial charge on any atom is -0.384 e. The molecule has 2 aromatic rings. The molecule has 0 amide bonds. The number of ketones is 1. The number of thioether (sulfide) groups is 1. The molecule has 4 rings (SSSR count). The summed E-state index contributed by atoms with van der Waals surface area (Å²) in [5, 5.41) is 19.2. The Morgan fingerprint density at radius 3 is 2.60 bits per heavy atom. The van der Waals surface area contributed by atoms with Crippen molar-refractivity contribution in [1.29, 1.82) is 5.26 Å². The van der Waals surface area contributed by atoms with Crippen LogP contribution in [0, 0.1) is 30.6 Å². The lowest BCUT2D eigenvalue weighted by Crippen LogP contribution is -2.42. The van der Waals surface area contributed by atoms with Gasteiger partial charge in [0.05, 0.1) is 17.6 Å². The van der Waals surface area contributed by atoms with E-state index in [2.05, 4.69) is 36.2 Å². The highest BCUT2D eigenvalue weighted by atomic mass is 32.2. The average Bonchev–Trinajstić information content (AvgIpc) is 3.25. The molecular weight excluding hydrogens is 434 g/mol. The summed E-state index contributed by atoms with van der Waals surface area (Å²) in [6.45, 7) is 8.27. The number of hydrogen-bond donors (Lipinski definition) is 1. The van der Waals surface area contributed by atoms with Crippen molar-refractivity contribution in [3.8, 4) is 6.07 Å². The Morgan fingerprint density at radius 1 is 1.30 bits per heavy atom. The van der Waals surface area contributed by atoms with E-state index in [0.717, 1.165) is 25.4 Å². The lowest BCUT2D eigenvalue weighted by molar-refractivity contribution is -0.118. The topological polar surface area (TPSA) is 95.9 Å². The largest absolute Gasteiger partial charge is 0.384 e. The summed E-state index contributed by atoms with van der Waals surface area (Å²) in [7, 11) is 0. The zero-order chi connectivity index (χ0) is 21.8. The molecular formula is C21H23N5OS3. The second-order valence-electron chi connectivity index (χ2n) is 8.40. The summed E-state index contributed by atoms with van der Waals surface area (Å²) in [6, 6.07) is 4.40. The molecule has 156 valence electrons. The summed E-state index contributed by atoms with van der Waals surface area (Å²) in [5.41, 5.74) is 9.36. The maximum Gasteiger partial charge on any atom is 0.219 e. The standard InChI is InChI=1S/C21H23N5OS3/c1-10-6-12(11(2)29-10)16-13(9-22)18(23)26(19-24-25-20(28-5)30-19)14-7-21(3,4)8-15(27)17(14)16/h6,16H,7-8,23H2,1-5H3. The fourth-order valence-electron chi connectivity index (χ4n) is 4.35. The quantitative estimate of drug-likeness (QED) is 0.656. The number of carbonyl (C=O) groups excluding carboxylic acids is 1. The first-order valence-corrected chi connectivity index (χ1v) is 12.4. The van der Waals surface area contributed by atoms with Gasteiger partial charge in [-0.25, -0.2) is 0 Å². The van der Waals surface area contributed by atoms with Crippen molar-refractivity contribution in [1.82, 2.24) is 10.2 Å². The van der Waals surface area contributed by atoms with Crippen molar-refractivity contribution in [2.24, 2.45) is 11.1 Å². The van der Waals surface area contributed by atoms with Crippen molar-refractivity contribution in [2.45, 2.75) is 50.8 Å². The van der Waals surface area contributed by atoms with Crippen molar-refractivity contribution in [2.75, 3.05) is 11.2 Å². The second kappa shape index (κ2) is 7.52. The Kier molecular flexibility index (Phi) is 5.29. The molecule has 1 aliphatic heterocycles. The SMILES string of the molecule is CSc1nnc(N2C(N)=C(C#N)C(c3cc(C)sc3C)C3=C2CC(C)(C)CC3=O)s1. The molecule has 30 heavy (non-hydrogen) atoms. The van der Waals surface area contributed by atoms with Crippen LogP contribution < -0.4 is 10.6 Å². The fraction of sp³-hybridized carbons (Fsp3) is 0.429. The molecule has 1 unspecified atom stereocenters. The number of Topliss-reactive ketones (excluding diaryl/α,β-unsaturated/α-hetero) is 1. The van der Waals surface area contributed by atoms with Crippen LogP contribution >= 0.6 is 34.4 Å². The molecule has 0 saturated carbocycles. The number of nitrogens with two attached hydrogens (primary N) is 1. The van der Waals surface area contributed by atoms with Gasteiger partial charge in [0, 0.05) is 27.4 Å². The predicted octanol–water partition coefficient (Wildman–Crippen LogP) is 4.88. The minimum absolute atomic E-state index is 0.0781. The van der Waals surface area contributed by atoms with Crippen molar-refractivity contribution in [3.05, 3.63) is 44.0 Å². The third kappa shape index (κ3) is 3.37. The van der Waals surface area contributed by atoms with Crippen LogP contribution in [-0.4, -0.2) is 22.2 Å². The molecule has 9 heteroatoms. The molecule has 6 nitrogen and oxygen atoms in total. The molecule has 0 spiro atoms. The molecule has 0 fully saturated rings. The maximum absolute atomic E-state index is 13.5. The lowest BCUT2D eigenvalue weighted by atomic mass is 9.68. The monoisotopic (exact) mass is 457 g/mol. The number of aromatic nitrogens is 2. The number of rotatable bonds is 3. The summed E-state index contributed by atoms with van der Waals surface area (Å²) in [5.74, 6) is -0.00379. The normalized spacial score (nSPS) is 21.1. The van der Waals surface area contributed by atoms with Crippen molar-refractivity contribution in [3.63, 3.8) is 0 Å². The van der Waals surface area contributed by atoms with E-state index >= 15 is 0 Å². The fourth-order valence-corrected chi connectivity index (χ4v) is 6.61. The van der Waals surface area contributed by atoms with Crippen LogP contribution in [0.5, 0.6) is 0 Å². The Hall–Kier alpha value is -2.15. The molecule has 3 heterocycles. The first-order valence-electron chi connectivity index (χ1n) is 9.57. The van der Waals surface area contributed by atoms with Gasteiger partial charge in [0.25, 0.3) is 0 Å². The molecule has 0 bridgehead atoms. The van der Waals surface area contributed by atoms with Gasteiger partial charge in [-0.2, -0.15) is 5.26 Å². The van der Waals surface area contributed by atoms with Crippen LogP contribution in [0.3, 0.4) is 0 Å². The van der Waals surface area contributed by atoms with E-state index < -0.39 is 5.92 Å². The minimum atomic E-state index is -0.428. The zero-order valence-electron chi connectivity index (χ0n) is 17.6. The van der Waals surface area contributed by atoms with Gasteiger partial charge in [0.1, 0.15) is 5.82 Å². The Bertz CT molecular complexity index is 1150. The van der Waals surface area contributed by atoms with E-state index in [-0.39, 0.29) is 11.2 Å². The lowest BCUT2D eigenvalue weighted by Gasteiger charge is -2.42. The second-order valence-corrected chi connectivity index (χ2v) is 11.9. The average molecular weight is 458 g/mol. The third-order valence-electron chi connectivity index (χ3n) is 5.53. The van der Waals surface area contributed by atoms with Crippen LogP contribution in [0.4, 0.5) is 5.13 Å². The highest BCUT2D eigenvalue weighted by Gasteiger charge is 2.45.